The number of likely N-dealkylation sites (tertiary alicyclic amines) is 1. The summed E-state index contributed by atoms with van der Waals surface area (Å²) in [4.78, 5) is 2.39. The Hall–Kier alpha value is -0.0800. The molecular weight excluding hydrogens is 126 g/mol. The van der Waals surface area contributed by atoms with Gasteiger partial charge in [0, 0.05) is 13.1 Å². The van der Waals surface area contributed by atoms with Gasteiger partial charge >= 0.3 is 0 Å². The van der Waals surface area contributed by atoms with Crippen LogP contribution in [0.5, 0.6) is 0 Å². The van der Waals surface area contributed by atoms with Crippen molar-refractivity contribution in [3.05, 3.63) is 0 Å². The van der Waals surface area contributed by atoms with Crippen molar-refractivity contribution >= 4 is 0 Å². The molecule has 1 saturated heterocycles. The van der Waals surface area contributed by atoms with Gasteiger partial charge < -0.3 is 10.0 Å². The molecule has 2 heteroatoms. The van der Waals surface area contributed by atoms with Crippen molar-refractivity contribution in [2.75, 3.05) is 19.6 Å². The summed E-state index contributed by atoms with van der Waals surface area (Å²) in [5.74, 6) is 0.466. The molecule has 0 amide bonds. The Morgan fingerprint density at radius 2 is 2.30 bits per heavy atom. The molecule has 0 radical (unpaired) electrons. The third kappa shape index (κ3) is 1.70. The van der Waals surface area contributed by atoms with Crippen molar-refractivity contribution in [3.63, 3.8) is 0 Å². The van der Waals surface area contributed by atoms with Crippen LogP contribution in [0, 0.1) is 5.92 Å². The molecule has 0 bridgehead atoms. The van der Waals surface area contributed by atoms with Crippen LogP contribution in [-0.4, -0.2) is 35.7 Å². The first kappa shape index (κ1) is 8.02. The van der Waals surface area contributed by atoms with Crippen molar-refractivity contribution in [2.45, 2.75) is 26.4 Å². The van der Waals surface area contributed by atoms with E-state index in [1.807, 2.05) is 0 Å². The largest absolute Gasteiger partial charge is 0.393 e. The number of aliphatic hydroxyl groups excluding tert-OH is 1. The lowest BCUT2D eigenvalue weighted by molar-refractivity contribution is 0.0373. The van der Waals surface area contributed by atoms with Crippen LogP contribution < -0.4 is 0 Å². The minimum Gasteiger partial charge on any atom is -0.393 e. The van der Waals surface area contributed by atoms with Crippen LogP contribution in [0.1, 0.15) is 20.3 Å². The smallest absolute Gasteiger partial charge is 0.0590 e. The van der Waals surface area contributed by atoms with Gasteiger partial charge in [0.15, 0.2) is 0 Å². The van der Waals surface area contributed by atoms with E-state index in [9.17, 15) is 5.11 Å². The Kier molecular flexibility index (Phi) is 2.69. The monoisotopic (exact) mass is 143 g/mol. The Labute approximate surface area is 62.8 Å². The molecule has 1 aliphatic heterocycles. The minimum atomic E-state index is -0.0530. The molecule has 1 heterocycles. The van der Waals surface area contributed by atoms with Gasteiger partial charge in [0.25, 0.3) is 0 Å². The predicted octanol–water partition coefficient (Wildman–Crippen LogP) is 0.709. The molecule has 1 aliphatic rings. The lowest BCUT2D eigenvalue weighted by Gasteiger charge is -2.33. The second kappa shape index (κ2) is 3.35. The highest BCUT2D eigenvalue weighted by Crippen LogP contribution is 2.15. The van der Waals surface area contributed by atoms with Crippen molar-refractivity contribution in [2.24, 2.45) is 5.92 Å². The van der Waals surface area contributed by atoms with Gasteiger partial charge in [-0.2, -0.15) is 0 Å². The van der Waals surface area contributed by atoms with E-state index >= 15 is 0 Å². The zero-order chi connectivity index (χ0) is 7.56. The van der Waals surface area contributed by atoms with Gasteiger partial charge in [-0.25, -0.2) is 0 Å². The van der Waals surface area contributed by atoms with Crippen LogP contribution in [0.3, 0.4) is 0 Å². The standard InChI is InChI=1S/C8H17NO/c1-3-9-5-4-8(10)7(2)6-9/h7-8,10H,3-6H2,1-2H3/t7-,8+/m1/s1. The van der Waals surface area contributed by atoms with Crippen molar-refractivity contribution in [1.82, 2.24) is 4.90 Å². The first-order chi connectivity index (χ1) is 4.74. The molecule has 0 aromatic heterocycles. The Morgan fingerprint density at radius 3 is 2.80 bits per heavy atom. The van der Waals surface area contributed by atoms with Gasteiger partial charge in [-0.15, -0.1) is 0 Å². The Bertz CT molecular complexity index is 105. The first-order valence-corrected chi connectivity index (χ1v) is 4.14. The zero-order valence-corrected chi connectivity index (χ0v) is 6.88. The molecule has 0 spiro atoms. The van der Waals surface area contributed by atoms with Gasteiger partial charge in [-0.3, -0.25) is 0 Å². The van der Waals surface area contributed by atoms with E-state index in [-0.39, 0.29) is 6.10 Å². The fourth-order valence-electron chi connectivity index (χ4n) is 1.51. The average molecular weight is 143 g/mol. The van der Waals surface area contributed by atoms with E-state index in [2.05, 4.69) is 18.7 Å². The van der Waals surface area contributed by atoms with Crippen molar-refractivity contribution in [3.8, 4) is 0 Å². The maximum absolute atomic E-state index is 9.36. The molecule has 0 aliphatic carbocycles. The van der Waals surface area contributed by atoms with Crippen LogP contribution in [0.2, 0.25) is 0 Å². The van der Waals surface area contributed by atoms with E-state index in [1.165, 1.54) is 0 Å². The quantitative estimate of drug-likeness (QED) is 0.584. The summed E-state index contributed by atoms with van der Waals surface area (Å²) < 4.78 is 0. The highest BCUT2D eigenvalue weighted by Gasteiger charge is 2.22. The number of aliphatic hydroxyl groups is 1. The minimum absolute atomic E-state index is 0.0530. The second-order valence-corrected chi connectivity index (χ2v) is 3.23. The summed E-state index contributed by atoms with van der Waals surface area (Å²) in [7, 11) is 0. The number of hydrogen-bond acceptors (Lipinski definition) is 2. The van der Waals surface area contributed by atoms with Gasteiger partial charge in [0.2, 0.25) is 0 Å². The van der Waals surface area contributed by atoms with E-state index in [0.717, 1.165) is 26.1 Å². The Morgan fingerprint density at radius 1 is 1.60 bits per heavy atom. The molecule has 60 valence electrons. The van der Waals surface area contributed by atoms with Gasteiger partial charge in [-0.05, 0) is 18.9 Å². The van der Waals surface area contributed by atoms with Crippen LogP contribution in [0.15, 0.2) is 0 Å². The molecular formula is C8H17NO. The topological polar surface area (TPSA) is 23.5 Å². The number of piperidine rings is 1. The molecule has 0 aromatic rings. The van der Waals surface area contributed by atoms with Crippen molar-refractivity contribution < 1.29 is 5.11 Å². The number of nitrogens with zero attached hydrogens (tertiary/aromatic N) is 1. The number of hydrogen-bond donors (Lipinski definition) is 1. The maximum Gasteiger partial charge on any atom is 0.0590 e. The summed E-state index contributed by atoms with van der Waals surface area (Å²) in [5.41, 5.74) is 0. The molecule has 0 aromatic carbocycles. The summed E-state index contributed by atoms with van der Waals surface area (Å²) in [6, 6.07) is 0. The second-order valence-electron chi connectivity index (χ2n) is 3.23. The van der Waals surface area contributed by atoms with Gasteiger partial charge in [-0.1, -0.05) is 13.8 Å². The maximum atomic E-state index is 9.36. The van der Waals surface area contributed by atoms with Crippen LogP contribution >= 0.6 is 0 Å². The van der Waals surface area contributed by atoms with E-state index < -0.39 is 0 Å². The molecule has 1 fully saturated rings. The lowest BCUT2D eigenvalue weighted by Crippen LogP contribution is -2.41. The normalized spacial score (nSPS) is 36.3. The molecule has 2 nitrogen and oxygen atoms in total. The summed E-state index contributed by atoms with van der Waals surface area (Å²) in [6.45, 7) is 7.55. The first-order valence-electron chi connectivity index (χ1n) is 4.14. The van der Waals surface area contributed by atoms with Crippen LogP contribution in [0.25, 0.3) is 0 Å². The highest BCUT2D eigenvalue weighted by atomic mass is 16.3. The third-order valence-corrected chi connectivity index (χ3v) is 2.39. The molecule has 2 atom stereocenters. The van der Waals surface area contributed by atoms with Gasteiger partial charge in [0.05, 0.1) is 6.10 Å². The summed E-state index contributed by atoms with van der Waals surface area (Å²) in [5, 5.41) is 9.36. The van der Waals surface area contributed by atoms with E-state index in [4.69, 9.17) is 0 Å². The van der Waals surface area contributed by atoms with E-state index in [0.29, 0.717) is 5.92 Å². The van der Waals surface area contributed by atoms with Crippen LogP contribution in [0.4, 0.5) is 0 Å². The SMILES string of the molecule is CCN1CC[C@H](O)[C@H](C)C1. The van der Waals surface area contributed by atoms with Crippen molar-refractivity contribution in [1.29, 1.82) is 0 Å². The van der Waals surface area contributed by atoms with Gasteiger partial charge in [0.1, 0.15) is 0 Å². The Balaban J connectivity index is 2.33. The third-order valence-electron chi connectivity index (χ3n) is 2.39. The fourth-order valence-corrected chi connectivity index (χ4v) is 1.51. The highest BCUT2D eigenvalue weighted by molar-refractivity contribution is 4.75. The summed E-state index contributed by atoms with van der Waals surface area (Å²) >= 11 is 0. The average Bonchev–Trinajstić information content (AvgIpc) is 1.95. The molecule has 1 N–H and O–H groups in total. The predicted molar refractivity (Wildman–Crippen MR) is 41.9 cm³/mol. The molecule has 10 heavy (non-hydrogen) atoms. The van der Waals surface area contributed by atoms with Crippen LogP contribution in [-0.2, 0) is 0 Å². The molecule has 0 unspecified atom stereocenters. The summed E-state index contributed by atoms with van der Waals surface area (Å²) in [6.07, 6.45) is 0.900. The number of rotatable bonds is 1. The fraction of sp³-hybridized carbons (Fsp3) is 1.00. The zero-order valence-electron chi connectivity index (χ0n) is 6.88. The molecule has 0 saturated carbocycles. The van der Waals surface area contributed by atoms with E-state index in [1.54, 1.807) is 0 Å². The lowest BCUT2D eigenvalue weighted by atomic mass is 9.97. The molecule has 1 rings (SSSR count).